The number of aromatic amines is 1. The zero-order valence-corrected chi connectivity index (χ0v) is 12.6. The quantitative estimate of drug-likeness (QED) is 0.866. The van der Waals surface area contributed by atoms with Crippen LogP contribution in [0, 0.1) is 4.77 Å². The SMILES string of the molecule is S=c1[nH]nc(N2CCOC3CCCC32)n1-c1ccccc1. The Bertz CT molecular complexity index is 680. The third-order valence-electron chi connectivity index (χ3n) is 4.41. The summed E-state index contributed by atoms with van der Waals surface area (Å²) in [6.07, 6.45) is 3.88. The number of hydrogen-bond acceptors (Lipinski definition) is 4. The van der Waals surface area contributed by atoms with Gasteiger partial charge >= 0.3 is 0 Å². The van der Waals surface area contributed by atoms with Gasteiger partial charge in [-0.2, -0.15) is 0 Å². The molecule has 2 atom stereocenters. The summed E-state index contributed by atoms with van der Waals surface area (Å²) in [5.74, 6) is 0.909. The smallest absolute Gasteiger partial charge is 0.230 e. The molecule has 2 unspecified atom stereocenters. The predicted molar refractivity (Wildman–Crippen MR) is 83.5 cm³/mol. The molecule has 2 fully saturated rings. The van der Waals surface area contributed by atoms with Crippen molar-refractivity contribution in [1.82, 2.24) is 14.8 Å². The molecule has 1 aromatic heterocycles. The second-order valence-corrected chi connectivity index (χ2v) is 5.99. The van der Waals surface area contributed by atoms with E-state index in [1.807, 2.05) is 22.8 Å². The lowest BCUT2D eigenvalue weighted by Gasteiger charge is -2.38. The molecule has 110 valence electrons. The number of ether oxygens (including phenoxy) is 1. The summed E-state index contributed by atoms with van der Waals surface area (Å²) >= 11 is 5.43. The van der Waals surface area contributed by atoms with Crippen molar-refractivity contribution < 1.29 is 4.74 Å². The Morgan fingerprint density at radius 2 is 2.10 bits per heavy atom. The number of anilines is 1. The lowest BCUT2D eigenvalue weighted by molar-refractivity contribution is 0.0248. The Labute approximate surface area is 128 Å². The third-order valence-corrected chi connectivity index (χ3v) is 4.68. The van der Waals surface area contributed by atoms with Crippen molar-refractivity contribution in [1.29, 1.82) is 0 Å². The molecule has 1 N–H and O–H groups in total. The van der Waals surface area contributed by atoms with Gasteiger partial charge in [0.2, 0.25) is 10.7 Å². The van der Waals surface area contributed by atoms with Crippen molar-refractivity contribution in [2.75, 3.05) is 18.1 Å². The van der Waals surface area contributed by atoms with E-state index in [4.69, 9.17) is 17.0 Å². The molecule has 0 bridgehead atoms. The number of aromatic nitrogens is 3. The van der Waals surface area contributed by atoms with Gasteiger partial charge in [0, 0.05) is 6.54 Å². The normalized spacial score (nSPS) is 25.0. The van der Waals surface area contributed by atoms with E-state index in [1.54, 1.807) is 0 Å². The summed E-state index contributed by atoms with van der Waals surface area (Å²) in [4.78, 5) is 2.36. The first kappa shape index (κ1) is 13.0. The van der Waals surface area contributed by atoms with Gasteiger partial charge in [-0.1, -0.05) is 18.2 Å². The molecule has 2 aromatic rings. The number of benzene rings is 1. The Kier molecular flexibility index (Phi) is 3.27. The second-order valence-electron chi connectivity index (χ2n) is 5.60. The Balaban J connectivity index is 1.77. The van der Waals surface area contributed by atoms with Crippen molar-refractivity contribution in [3.8, 4) is 5.69 Å². The molecule has 1 aromatic carbocycles. The first-order chi connectivity index (χ1) is 10.3. The second kappa shape index (κ2) is 5.27. The predicted octanol–water partition coefficient (Wildman–Crippen LogP) is 2.69. The molecule has 6 heteroatoms. The number of H-pyrrole nitrogens is 1. The highest BCUT2D eigenvalue weighted by molar-refractivity contribution is 7.71. The van der Waals surface area contributed by atoms with Crippen LogP contribution in [0.5, 0.6) is 0 Å². The summed E-state index contributed by atoms with van der Waals surface area (Å²) in [5, 5.41) is 7.44. The van der Waals surface area contributed by atoms with E-state index in [2.05, 4.69) is 27.2 Å². The van der Waals surface area contributed by atoms with Gasteiger partial charge in [-0.25, -0.2) is 5.10 Å². The van der Waals surface area contributed by atoms with Crippen molar-refractivity contribution in [3.05, 3.63) is 35.1 Å². The van der Waals surface area contributed by atoms with Crippen molar-refractivity contribution in [2.45, 2.75) is 31.4 Å². The van der Waals surface area contributed by atoms with Crippen LogP contribution in [-0.4, -0.2) is 40.1 Å². The maximum Gasteiger partial charge on any atom is 0.230 e. The molecule has 2 heterocycles. The molecule has 4 rings (SSSR count). The molecular formula is C15H18N4OS. The Morgan fingerprint density at radius 3 is 2.95 bits per heavy atom. The van der Waals surface area contributed by atoms with E-state index in [0.29, 0.717) is 16.9 Å². The number of morpholine rings is 1. The highest BCUT2D eigenvalue weighted by atomic mass is 32.1. The molecule has 2 aliphatic rings. The van der Waals surface area contributed by atoms with Gasteiger partial charge in [-0.05, 0) is 43.6 Å². The van der Waals surface area contributed by atoms with Crippen molar-refractivity contribution in [3.63, 3.8) is 0 Å². The topological polar surface area (TPSA) is 46.1 Å². The zero-order chi connectivity index (χ0) is 14.2. The molecule has 1 aliphatic carbocycles. The molecular weight excluding hydrogens is 284 g/mol. The minimum atomic E-state index is 0.341. The van der Waals surface area contributed by atoms with Gasteiger partial charge in [0.1, 0.15) is 0 Å². The average molecular weight is 302 g/mol. The van der Waals surface area contributed by atoms with Crippen LogP contribution in [0.2, 0.25) is 0 Å². The third kappa shape index (κ3) is 2.18. The van der Waals surface area contributed by atoms with Gasteiger partial charge < -0.3 is 9.64 Å². The van der Waals surface area contributed by atoms with Crippen LogP contribution >= 0.6 is 12.2 Å². The lowest BCUT2D eigenvalue weighted by Crippen LogP contribution is -2.49. The van der Waals surface area contributed by atoms with Gasteiger partial charge in [-0.15, -0.1) is 5.10 Å². The maximum atomic E-state index is 5.89. The van der Waals surface area contributed by atoms with E-state index in [-0.39, 0.29) is 0 Å². The fraction of sp³-hybridized carbons (Fsp3) is 0.467. The molecule has 0 spiro atoms. The van der Waals surface area contributed by atoms with Crippen LogP contribution in [0.25, 0.3) is 5.69 Å². The van der Waals surface area contributed by atoms with Gasteiger partial charge in [0.05, 0.1) is 24.4 Å². The number of rotatable bonds is 2. The molecule has 21 heavy (non-hydrogen) atoms. The van der Waals surface area contributed by atoms with E-state index in [1.165, 1.54) is 12.8 Å². The van der Waals surface area contributed by atoms with E-state index in [0.717, 1.165) is 31.2 Å². The molecule has 5 nitrogen and oxygen atoms in total. The molecule has 1 saturated heterocycles. The van der Waals surface area contributed by atoms with E-state index in [9.17, 15) is 0 Å². The standard InChI is InChI=1S/C15H18N4OS/c21-15-17-16-14(19(15)11-5-2-1-3-6-11)18-9-10-20-13-8-4-7-12(13)18/h1-3,5-6,12-13H,4,7-10H2,(H,17,21). The largest absolute Gasteiger partial charge is 0.374 e. The average Bonchev–Trinajstić information content (AvgIpc) is 3.14. The molecule has 0 radical (unpaired) electrons. The highest BCUT2D eigenvalue weighted by Crippen LogP contribution is 2.33. The van der Waals surface area contributed by atoms with Crippen LogP contribution < -0.4 is 4.90 Å². The first-order valence-corrected chi connectivity index (χ1v) is 7.86. The Hall–Kier alpha value is -1.66. The van der Waals surface area contributed by atoms with E-state index < -0.39 is 0 Å². The minimum Gasteiger partial charge on any atom is -0.374 e. The van der Waals surface area contributed by atoms with Gasteiger partial charge in [-0.3, -0.25) is 4.57 Å². The van der Waals surface area contributed by atoms with Crippen molar-refractivity contribution in [2.24, 2.45) is 0 Å². The Morgan fingerprint density at radius 1 is 1.24 bits per heavy atom. The van der Waals surface area contributed by atoms with Crippen LogP contribution in [0.3, 0.4) is 0 Å². The molecule has 1 aliphatic heterocycles. The fourth-order valence-corrected chi connectivity index (χ4v) is 3.70. The minimum absolute atomic E-state index is 0.341. The van der Waals surface area contributed by atoms with Crippen molar-refractivity contribution >= 4 is 18.2 Å². The summed E-state index contributed by atoms with van der Waals surface area (Å²) in [7, 11) is 0. The van der Waals surface area contributed by atoms with E-state index >= 15 is 0 Å². The number of para-hydroxylation sites is 1. The summed E-state index contributed by atoms with van der Waals surface area (Å²) in [6, 6.07) is 10.6. The summed E-state index contributed by atoms with van der Waals surface area (Å²) in [5.41, 5.74) is 1.05. The van der Waals surface area contributed by atoms with Gasteiger partial charge in [0.25, 0.3) is 0 Å². The molecule has 1 saturated carbocycles. The lowest BCUT2D eigenvalue weighted by atomic mass is 10.1. The fourth-order valence-electron chi connectivity index (χ4n) is 3.47. The molecule has 0 amide bonds. The van der Waals surface area contributed by atoms with Crippen LogP contribution in [0.1, 0.15) is 19.3 Å². The monoisotopic (exact) mass is 302 g/mol. The number of fused-ring (bicyclic) bond motifs is 1. The maximum absolute atomic E-state index is 5.89. The number of hydrogen-bond donors (Lipinski definition) is 1. The summed E-state index contributed by atoms with van der Waals surface area (Å²) in [6.45, 7) is 1.63. The van der Waals surface area contributed by atoms with Crippen LogP contribution in [-0.2, 0) is 4.74 Å². The number of nitrogens with one attached hydrogen (secondary N) is 1. The zero-order valence-electron chi connectivity index (χ0n) is 11.7. The highest BCUT2D eigenvalue weighted by Gasteiger charge is 2.38. The van der Waals surface area contributed by atoms with Crippen LogP contribution in [0.15, 0.2) is 30.3 Å². The van der Waals surface area contributed by atoms with Gasteiger partial charge in [0.15, 0.2) is 0 Å². The van der Waals surface area contributed by atoms with Crippen LogP contribution in [0.4, 0.5) is 5.95 Å². The first-order valence-electron chi connectivity index (χ1n) is 7.46. The summed E-state index contributed by atoms with van der Waals surface area (Å²) < 4.78 is 8.55. The number of nitrogens with zero attached hydrogens (tertiary/aromatic N) is 3.